The largest absolute Gasteiger partial charge is 0.394 e. The molecule has 0 bridgehead atoms. The standard InChI is InChI=1S/C14H22FNO2S/c1-10(2)6-16-7-11-4-3-5-13(15)14(11)19-9-12(18)8-17/h3-5,10,12,16-18H,6-9H2,1-2H3. The van der Waals surface area contributed by atoms with Gasteiger partial charge in [0, 0.05) is 17.2 Å². The van der Waals surface area contributed by atoms with Crippen molar-refractivity contribution in [2.24, 2.45) is 5.92 Å². The number of nitrogens with one attached hydrogen (secondary N) is 1. The van der Waals surface area contributed by atoms with Gasteiger partial charge in [0.25, 0.3) is 0 Å². The van der Waals surface area contributed by atoms with Gasteiger partial charge in [0.1, 0.15) is 5.82 Å². The normalized spacial score (nSPS) is 12.9. The zero-order valence-corrected chi connectivity index (χ0v) is 12.2. The van der Waals surface area contributed by atoms with E-state index in [1.165, 1.54) is 17.8 Å². The first-order valence-electron chi connectivity index (χ1n) is 6.44. The van der Waals surface area contributed by atoms with Crippen LogP contribution in [0.1, 0.15) is 19.4 Å². The maximum atomic E-state index is 13.8. The molecule has 0 amide bonds. The fourth-order valence-corrected chi connectivity index (χ4v) is 2.58. The molecule has 1 rings (SSSR count). The number of hydrogen-bond donors (Lipinski definition) is 3. The third-order valence-corrected chi connectivity index (χ3v) is 3.84. The van der Waals surface area contributed by atoms with Crippen LogP contribution in [0, 0.1) is 11.7 Å². The van der Waals surface area contributed by atoms with E-state index in [1.54, 1.807) is 6.07 Å². The van der Waals surface area contributed by atoms with E-state index in [9.17, 15) is 9.50 Å². The average molecular weight is 287 g/mol. The zero-order valence-electron chi connectivity index (χ0n) is 11.4. The Labute approximate surface area is 118 Å². The molecule has 0 spiro atoms. The van der Waals surface area contributed by atoms with Gasteiger partial charge in [-0.25, -0.2) is 4.39 Å². The molecule has 3 nitrogen and oxygen atoms in total. The molecule has 1 unspecified atom stereocenters. The molecule has 0 radical (unpaired) electrons. The Bertz CT molecular complexity index is 388. The van der Waals surface area contributed by atoms with Gasteiger partial charge in [0.2, 0.25) is 0 Å². The predicted molar refractivity (Wildman–Crippen MR) is 76.8 cm³/mol. The number of halogens is 1. The SMILES string of the molecule is CC(C)CNCc1cccc(F)c1SCC(O)CO. The minimum absolute atomic E-state index is 0.279. The molecule has 0 fully saturated rings. The van der Waals surface area contributed by atoms with Gasteiger partial charge in [-0.3, -0.25) is 0 Å². The van der Waals surface area contributed by atoms with E-state index in [1.807, 2.05) is 6.07 Å². The molecule has 19 heavy (non-hydrogen) atoms. The van der Waals surface area contributed by atoms with Crippen molar-refractivity contribution < 1.29 is 14.6 Å². The summed E-state index contributed by atoms with van der Waals surface area (Å²) < 4.78 is 13.8. The van der Waals surface area contributed by atoms with Gasteiger partial charge in [-0.15, -0.1) is 11.8 Å². The summed E-state index contributed by atoms with van der Waals surface area (Å²) in [6.07, 6.45) is -0.818. The summed E-state index contributed by atoms with van der Waals surface area (Å²) in [5, 5.41) is 21.4. The van der Waals surface area contributed by atoms with Crippen LogP contribution in [0.5, 0.6) is 0 Å². The highest BCUT2D eigenvalue weighted by atomic mass is 32.2. The lowest BCUT2D eigenvalue weighted by Gasteiger charge is -2.13. The van der Waals surface area contributed by atoms with Crippen molar-refractivity contribution >= 4 is 11.8 Å². The Hall–Kier alpha value is -0.620. The molecule has 1 aromatic carbocycles. The van der Waals surface area contributed by atoms with Crippen LogP contribution in [0.3, 0.4) is 0 Å². The van der Waals surface area contributed by atoms with Crippen LogP contribution in [-0.4, -0.2) is 35.2 Å². The van der Waals surface area contributed by atoms with Gasteiger partial charge in [-0.2, -0.15) is 0 Å². The monoisotopic (exact) mass is 287 g/mol. The second-order valence-corrected chi connectivity index (χ2v) is 5.93. The Morgan fingerprint density at radius 3 is 2.74 bits per heavy atom. The number of aliphatic hydroxyl groups excluding tert-OH is 2. The Kier molecular flexibility index (Phi) is 7.38. The lowest BCUT2D eigenvalue weighted by Crippen LogP contribution is -2.20. The molecule has 0 saturated heterocycles. The number of hydrogen-bond acceptors (Lipinski definition) is 4. The van der Waals surface area contributed by atoms with E-state index in [4.69, 9.17) is 5.11 Å². The lowest BCUT2D eigenvalue weighted by molar-refractivity contribution is 0.113. The van der Waals surface area contributed by atoms with Crippen LogP contribution in [0.15, 0.2) is 23.1 Å². The second-order valence-electron chi connectivity index (χ2n) is 4.90. The predicted octanol–water partition coefficient (Wildman–Crippen LogP) is 2.02. The van der Waals surface area contributed by atoms with Gasteiger partial charge in [-0.1, -0.05) is 26.0 Å². The third-order valence-electron chi connectivity index (χ3n) is 2.55. The average Bonchev–Trinajstić information content (AvgIpc) is 2.37. The summed E-state index contributed by atoms with van der Waals surface area (Å²) in [6, 6.07) is 4.98. The van der Waals surface area contributed by atoms with E-state index in [-0.39, 0.29) is 18.2 Å². The summed E-state index contributed by atoms with van der Waals surface area (Å²) in [4.78, 5) is 0.547. The molecule has 0 saturated carbocycles. The molecule has 3 N–H and O–H groups in total. The van der Waals surface area contributed by atoms with E-state index in [0.717, 1.165) is 12.1 Å². The first-order chi connectivity index (χ1) is 9.04. The molecule has 5 heteroatoms. The van der Waals surface area contributed by atoms with Crippen molar-refractivity contribution in [2.45, 2.75) is 31.4 Å². The molecule has 0 heterocycles. The highest BCUT2D eigenvalue weighted by Crippen LogP contribution is 2.26. The number of benzene rings is 1. The van der Waals surface area contributed by atoms with Crippen LogP contribution < -0.4 is 5.32 Å². The van der Waals surface area contributed by atoms with Gasteiger partial charge in [0.05, 0.1) is 12.7 Å². The fourth-order valence-electron chi connectivity index (χ4n) is 1.58. The van der Waals surface area contributed by atoms with Crippen LogP contribution >= 0.6 is 11.8 Å². The van der Waals surface area contributed by atoms with Gasteiger partial charge >= 0.3 is 0 Å². The summed E-state index contributed by atoms with van der Waals surface area (Å²) in [5.41, 5.74) is 0.885. The first-order valence-corrected chi connectivity index (χ1v) is 7.43. The summed E-state index contributed by atoms with van der Waals surface area (Å²) in [6.45, 7) is 5.41. The van der Waals surface area contributed by atoms with Crippen molar-refractivity contribution in [2.75, 3.05) is 18.9 Å². The maximum Gasteiger partial charge on any atom is 0.137 e. The molecule has 1 atom stereocenters. The van der Waals surface area contributed by atoms with Crippen molar-refractivity contribution in [1.29, 1.82) is 0 Å². The van der Waals surface area contributed by atoms with Crippen LogP contribution in [0.4, 0.5) is 4.39 Å². The minimum Gasteiger partial charge on any atom is -0.394 e. The number of thioether (sulfide) groups is 1. The van der Waals surface area contributed by atoms with Gasteiger partial charge < -0.3 is 15.5 Å². The molecule has 0 aliphatic heterocycles. The van der Waals surface area contributed by atoms with E-state index >= 15 is 0 Å². The fraction of sp³-hybridized carbons (Fsp3) is 0.571. The lowest BCUT2D eigenvalue weighted by atomic mass is 10.2. The van der Waals surface area contributed by atoms with Crippen LogP contribution in [-0.2, 0) is 6.54 Å². The molecule has 0 aliphatic carbocycles. The smallest absolute Gasteiger partial charge is 0.137 e. The molecule has 0 aromatic heterocycles. The number of rotatable bonds is 8. The Morgan fingerprint density at radius 1 is 1.37 bits per heavy atom. The van der Waals surface area contributed by atoms with E-state index in [0.29, 0.717) is 17.4 Å². The van der Waals surface area contributed by atoms with Gasteiger partial charge in [0.15, 0.2) is 0 Å². The van der Waals surface area contributed by atoms with Crippen LogP contribution in [0.25, 0.3) is 0 Å². The van der Waals surface area contributed by atoms with Gasteiger partial charge in [-0.05, 0) is 24.1 Å². The number of aliphatic hydroxyl groups is 2. The zero-order chi connectivity index (χ0) is 14.3. The highest BCUT2D eigenvalue weighted by molar-refractivity contribution is 7.99. The summed E-state index contributed by atoms with van der Waals surface area (Å²) >= 11 is 1.24. The van der Waals surface area contributed by atoms with E-state index < -0.39 is 6.10 Å². The van der Waals surface area contributed by atoms with Crippen molar-refractivity contribution in [3.05, 3.63) is 29.6 Å². The van der Waals surface area contributed by atoms with Crippen molar-refractivity contribution in [1.82, 2.24) is 5.32 Å². The van der Waals surface area contributed by atoms with Crippen molar-refractivity contribution in [3.8, 4) is 0 Å². The molecule has 0 aliphatic rings. The highest BCUT2D eigenvalue weighted by Gasteiger charge is 2.11. The minimum atomic E-state index is -0.818. The van der Waals surface area contributed by atoms with Crippen molar-refractivity contribution in [3.63, 3.8) is 0 Å². The second kappa shape index (κ2) is 8.53. The van der Waals surface area contributed by atoms with E-state index in [2.05, 4.69) is 19.2 Å². The van der Waals surface area contributed by atoms with Crippen LogP contribution in [0.2, 0.25) is 0 Å². The quantitative estimate of drug-likeness (QED) is 0.640. The Morgan fingerprint density at radius 2 is 2.11 bits per heavy atom. The third kappa shape index (κ3) is 5.91. The molecular formula is C14H22FNO2S. The Balaban J connectivity index is 2.66. The topological polar surface area (TPSA) is 52.5 Å². The molecule has 108 valence electrons. The molecular weight excluding hydrogens is 265 g/mol. The summed E-state index contributed by atoms with van der Waals surface area (Å²) in [7, 11) is 0. The molecule has 1 aromatic rings. The maximum absolute atomic E-state index is 13.8. The first kappa shape index (κ1) is 16.4. The summed E-state index contributed by atoms with van der Waals surface area (Å²) in [5.74, 6) is 0.550.